The van der Waals surface area contributed by atoms with Crippen LogP contribution in [-0.4, -0.2) is 19.0 Å². The van der Waals surface area contributed by atoms with E-state index in [0.29, 0.717) is 0 Å². The molecular formula is C25H32Si2. The van der Waals surface area contributed by atoms with Crippen molar-refractivity contribution >= 4 is 29.4 Å². The Morgan fingerprint density at radius 3 is 1.63 bits per heavy atom. The van der Waals surface area contributed by atoms with E-state index >= 15 is 0 Å². The molecule has 0 N–H and O–H groups in total. The minimum Gasteiger partial charge on any atom is -0.0669 e. The molecule has 0 saturated carbocycles. The third kappa shape index (κ3) is 6.64. The highest BCUT2D eigenvalue weighted by molar-refractivity contribution is 6.73. The SMILES string of the molecule is CCCCC(CC([SiH2]c1ccccc1)[SiH2]c1ccccc1)c1ccccc1. The molecule has 0 heterocycles. The second kappa shape index (κ2) is 11.1. The highest BCUT2D eigenvalue weighted by Gasteiger charge is 2.19. The van der Waals surface area contributed by atoms with Gasteiger partial charge in [-0.1, -0.05) is 126 Å². The van der Waals surface area contributed by atoms with E-state index in [9.17, 15) is 0 Å². The molecule has 0 nitrogen and oxygen atoms in total. The fourth-order valence-electron chi connectivity index (χ4n) is 4.13. The molecule has 0 aliphatic rings. The van der Waals surface area contributed by atoms with Crippen molar-refractivity contribution in [2.45, 2.75) is 43.7 Å². The van der Waals surface area contributed by atoms with Crippen LogP contribution in [0.15, 0.2) is 91.0 Å². The van der Waals surface area contributed by atoms with Crippen molar-refractivity contribution in [1.29, 1.82) is 0 Å². The maximum atomic E-state index is 2.36. The normalized spacial score (nSPS) is 14.1. The van der Waals surface area contributed by atoms with Crippen molar-refractivity contribution in [1.82, 2.24) is 0 Å². The van der Waals surface area contributed by atoms with Crippen molar-refractivity contribution in [3.05, 3.63) is 96.6 Å². The second-order valence-electron chi connectivity index (χ2n) is 7.73. The van der Waals surface area contributed by atoms with Gasteiger partial charge in [-0.15, -0.1) is 0 Å². The predicted molar refractivity (Wildman–Crippen MR) is 126 cm³/mol. The average Bonchev–Trinajstić information content (AvgIpc) is 2.73. The molecule has 1 unspecified atom stereocenters. The first-order chi connectivity index (χ1) is 13.3. The number of hydrogen-bond donors (Lipinski definition) is 0. The van der Waals surface area contributed by atoms with Crippen LogP contribution in [0.4, 0.5) is 0 Å². The number of unbranched alkanes of at least 4 members (excludes halogenated alkanes) is 1. The lowest BCUT2D eigenvalue weighted by Gasteiger charge is -2.24. The zero-order chi connectivity index (χ0) is 18.7. The fourth-order valence-corrected chi connectivity index (χ4v) is 10.3. The molecule has 0 bridgehead atoms. The highest BCUT2D eigenvalue weighted by Crippen LogP contribution is 2.30. The van der Waals surface area contributed by atoms with Crippen molar-refractivity contribution in [2.24, 2.45) is 0 Å². The summed E-state index contributed by atoms with van der Waals surface area (Å²) >= 11 is 0. The minimum absolute atomic E-state index is 0.250. The van der Waals surface area contributed by atoms with Gasteiger partial charge < -0.3 is 0 Å². The van der Waals surface area contributed by atoms with Gasteiger partial charge in [0.1, 0.15) is 0 Å². The molecule has 1 atom stereocenters. The van der Waals surface area contributed by atoms with Gasteiger partial charge in [0.2, 0.25) is 0 Å². The summed E-state index contributed by atoms with van der Waals surface area (Å²) in [5.41, 5.74) is 1.56. The summed E-state index contributed by atoms with van der Waals surface area (Å²) in [6.45, 7) is 2.32. The first-order valence-corrected chi connectivity index (χ1v) is 13.5. The van der Waals surface area contributed by atoms with E-state index in [1.54, 1.807) is 15.9 Å². The Hall–Kier alpha value is -1.91. The van der Waals surface area contributed by atoms with Crippen LogP contribution >= 0.6 is 0 Å². The quantitative estimate of drug-likeness (QED) is 0.459. The van der Waals surface area contributed by atoms with Gasteiger partial charge in [0.05, 0.1) is 19.0 Å². The molecule has 0 saturated heterocycles. The van der Waals surface area contributed by atoms with E-state index < -0.39 is 0 Å². The summed E-state index contributed by atoms with van der Waals surface area (Å²) in [7, 11) is -0.501. The van der Waals surface area contributed by atoms with Crippen LogP contribution in [0, 0.1) is 0 Å². The van der Waals surface area contributed by atoms with Crippen LogP contribution in [-0.2, 0) is 0 Å². The Morgan fingerprint density at radius 1 is 0.667 bits per heavy atom. The summed E-state index contributed by atoms with van der Waals surface area (Å²) in [5, 5.41) is 4.21. The van der Waals surface area contributed by atoms with Gasteiger partial charge in [-0.25, -0.2) is 0 Å². The first kappa shape index (κ1) is 19.8. The standard InChI is InChI=1S/C25H32Si2/c1-2-3-13-22(21-14-7-4-8-15-21)20-25(26-23-16-9-5-10-17-23)27-24-18-11-6-12-19-24/h4-12,14-19,22,25H,2-3,13,20,26-27H2,1H3. The smallest absolute Gasteiger partial charge is 0.0550 e. The van der Waals surface area contributed by atoms with E-state index in [1.807, 2.05) is 0 Å². The molecule has 0 radical (unpaired) electrons. The maximum absolute atomic E-state index is 2.36. The third-order valence-corrected chi connectivity index (χ3v) is 11.0. The van der Waals surface area contributed by atoms with Crippen LogP contribution in [0.3, 0.4) is 0 Å². The molecule has 0 aliphatic heterocycles. The molecule has 0 aromatic heterocycles. The number of hydrogen-bond acceptors (Lipinski definition) is 0. The molecule has 3 rings (SSSR count). The van der Waals surface area contributed by atoms with Crippen molar-refractivity contribution in [3.8, 4) is 0 Å². The monoisotopic (exact) mass is 388 g/mol. The molecule has 3 aromatic carbocycles. The van der Waals surface area contributed by atoms with Crippen LogP contribution in [0.1, 0.15) is 44.1 Å². The van der Waals surface area contributed by atoms with Crippen LogP contribution in [0.25, 0.3) is 0 Å². The number of rotatable bonds is 10. The second-order valence-corrected chi connectivity index (χ2v) is 13.6. The highest BCUT2D eigenvalue weighted by atomic mass is 28.3. The molecule has 0 aliphatic carbocycles. The van der Waals surface area contributed by atoms with Gasteiger partial charge in [-0.05, 0) is 24.3 Å². The summed E-state index contributed by atoms with van der Waals surface area (Å²) in [4.78, 5) is 0. The lowest BCUT2D eigenvalue weighted by molar-refractivity contribution is 0.560. The van der Waals surface area contributed by atoms with Crippen LogP contribution < -0.4 is 10.4 Å². The van der Waals surface area contributed by atoms with Crippen LogP contribution in [0.5, 0.6) is 0 Å². The molecular weight excluding hydrogens is 356 g/mol. The molecule has 2 heteroatoms. The lowest BCUT2D eigenvalue weighted by Crippen LogP contribution is -2.30. The summed E-state index contributed by atoms with van der Waals surface area (Å²) in [6.07, 6.45) is 5.35. The van der Waals surface area contributed by atoms with Crippen LogP contribution in [0.2, 0.25) is 5.16 Å². The number of benzene rings is 3. The van der Waals surface area contributed by atoms with E-state index in [0.717, 1.165) is 11.1 Å². The zero-order valence-corrected chi connectivity index (χ0v) is 19.4. The molecule has 140 valence electrons. The van der Waals surface area contributed by atoms with Crippen molar-refractivity contribution in [2.75, 3.05) is 0 Å². The maximum Gasteiger partial charge on any atom is 0.0550 e. The van der Waals surface area contributed by atoms with Gasteiger partial charge >= 0.3 is 0 Å². The van der Waals surface area contributed by atoms with Gasteiger partial charge in [-0.3, -0.25) is 0 Å². The zero-order valence-electron chi connectivity index (χ0n) is 16.6. The van der Waals surface area contributed by atoms with Crippen molar-refractivity contribution in [3.63, 3.8) is 0 Å². The molecule has 0 amide bonds. The third-order valence-electron chi connectivity index (χ3n) is 5.53. The Kier molecular flexibility index (Phi) is 8.12. The topological polar surface area (TPSA) is 0 Å². The fraction of sp³-hybridized carbons (Fsp3) is 0.280. The molecule has 0 spiro atoms. The Bertz CT molecular complexity index is 715. The summed E-state index contributed by atoms with van der Waals surface area (Å²) < 4.78 is 0. The van der Waals surface area contributed by atoms with E-state index in [4.69, 9.17) is 0 Å². The lowest BCUT2D eigenvalue weighted by atomic mass is 9.91. The van der Waals surface area contributed by atoms with E-state index in [-0.39, 0.29) is 19.0 Å². The predicted octanol–water partition coefficient (Wildman–Crippen LogP) is 4.09. The van der Waals surface area contributed by atoms with Gasteiger partial charge in [-0.2, -0.15) is 0 Å². The van der Waals surface area contributed by atoms with Crippen molar-refractivity contribution < 1.29 is 0 Å². The largest absolute Gasteiger partial charge is 0.0669 e. The Balaban J connectivity index is 1.78. The van der Waals surface area contributed by atoms with Gasteiger partial charge in [0.25, 0.3) is 0 Å². The molecule has 0 fully saturated rings. The molecule has 3 aromatic rings. The average molecular weight is 389 g/mol. The van der Waals surface area contributed by atoms with E-state index in [2.05, 4.69) is 97.9 Å². The minimum atomic E-state index is -0.250. The Morgan fingerprint density at radius 2 is 1.15 bits per heavy atom. The molecule has 27 heavy (non-hydrogen) atoms. The first-order valence-electron chi connectivity index (χ1n) is 10.5. The summed E-state index contributed by atoms with van der Waals surface area (Å²) in [6, 6.07) is 33.9. The van der Waals surface area contributed by atoms with Gasteiger partial charge in [0.15, 0.2) is 0 Å². The Labute approximate surface area is 169 Å². The van der Waals surface area contributed by atoms with E-state index in [1.165, 1.54) is 25.7 Å². The summed E-state index contributed by atoms with van der Waals surface area (Å²) in [5.74, 6) is 0.726. The van der Waals surface area contributed by atoms with Gasteiger partial charge in [0, 0.05) is 0 Å².